The van der Waals surface area contributed by atoms with E-state index in [1.54, 1.807) is 6.92 Å². The van der Waals surface area contributed by atoms with Crippen LogP contribution in [0.1, 0.15) is 11.4 Å². The first-order valence-electron chi connectivity index (χ1n) is 2.90. The molecule has 6 heteroatoms. The van der Waals surface area contributed by atoms with Crippen molar-refractivity contribution in [1.82, 2.24) is 10.2 Å². The quantitative estimate of drug-likeness (QED) is 0.671. The highest BCUT2D eigenvalue weighted by Gasteiger charge is 2.10. The van der Waals surface area contributed by atoms with Crippen molar-refractivity contribution >= 4 is 10.2 Å². The minimum atomic E-state index is -4.45. The molecule has 11 heavy (non-hydrogen) atoms. The van der Waals surface area contributed by atoms with Crippen LogP contribution in [0, 0.1) is 6.92 Å². The minimum Gasteiger partial charge on any atom is -0.283 e. The Bertz CT molecular complexity index is 343. The Morgan fingerprint density at radius 2 is 2.36 bits per heavy atom. The molecule has 0 radical (unpaired) electrons. The fourth-order valence-electron chi connectivity index (χ4n) is 0.725. The molecule has 0 aliphatic carbocycles. The van der Waals surface area contributed by atoms with Gasteiger partial charge in [0.1, 0.15) is 5.75 Å². The van der Waals surface area contributed by atoms with Gasteiger partial charge in [0.15, 0.2) is 0 Å². The van der Waals surface area contributed by atoms with Crippen molar-refractivity contribution < 1.29 is 12.3 Å². The summed E-state index contributed by atoms with van der Waals surface area (Å²) in [6.07, 6.45) is 0. The number of aromatic nitrogens is 2. The molecule has 0 aliphatic heterocycles. The molecule has 0 saturated carbocycles. The Morgan fingerprint density at radius 1 is 1.73 bits per heavy atom. The highest BCUT2D eigenvalue weighted by molar-refractivity contribution is 7.85. The zero-order valence-electron chi connectivity index (χ0n) is 5.83. The van der Waals surface area contributed by atoms with Crippen LogP contribution in [-0.2, 0) is 16.0 Å². The number of hydrogen-bond acceptors (Lipinski definition) is 3. The average Bonchev–Trinajstić information content (AvgIpc) is 2.10. The predicted octanol–water partition coefficient (Wildman–Crippen LogP) is 0.517. The van der Waals surface area contributed by atoms with Crippen LogP contribution in [0.5, 0.6) is 0 Å². The minimum absolute atomic E-state index is 0.199. The Hall–Kier alpha value is -0.910. The number of nitrogens with zero attached hydrogens (tertiary/aromatic N) is 1. The average molecular weight is 178 g/mol. The van der Waals surface area contributed by atoms with E-state index in [1.807, 2.05) is 0 Å². The fourth-order valence-corrected chi connectivity index (χ4v) is 1.23. The van der Waals surface area contributed by atoms with Gasteiger partial charge in [0.05, 0.1) is 5.69 Å². The Balaban J connectivity index is 2.81. The molecule has 0 bridgehead atoms. The molecular weight excluding hydrogens is 171 g/mol. The van der Waals surface area contributed by atoms with Gasteiger partial charge in [-0.2, -0.15) is 13.5 Å². The summed E-state index contributed by atoms with van der Waals surface area (Å²) in [7, 11) is -4.45. The summed E-state index contributed by atoms with van der Waals surface area (Å²) < 4.78 is 32.2. The van der Waals surface area contributed by atoms with Gasteiger partial charge in [-0.05, 0) is 13.0 Å². The van der Waals surface area contributed by atoms with Gasteiger partial charge in [0.2, 0.25) is 0 Å². The van der Waals surface area contributed by atoms with Gasteiger partial charge in [-0.3, -0.25) is 5.10 Å². The molecule has 0 saturated heterocycles. The maximum absolute atomic E-state index is 12.0. The first-order chi connectivity index (χ1) is 4.97. The van der Waals surface area contributed by atoms with Crippen LogP contribution >= 0.6 is 0 Å². The van der Waals surface area contributed by atoms with Gasteiger partial charge < -0.3 is 0 Å². The van der Waals surface area contributed by atoms with E-state index in [4.69, 9.17) is 0 Å². The van der Waals surface area contributed by atoms with Gasteiger partial charge in [-0.25, -0.2) is 0 Å². The highest BCUT2D eigenvalue weighted by atomic mass is 32.3. The first-order valence-corrected chi connectivity index (χ1v) is 4.46. The molecule has 4 nitrogen and oxygen atoms in total. The zero-order chi connectivity index (χ0) is 8.48. The summed E-state index contributed by atoms with van der Waals surface area (Å²) in [4.78, 5) is 0. The van der Waals surface area contributed by atoms with Gasteiger partial charge in [-0.1, -0.05) is 0 Å². The number of aromatic amines is 1. The standard InChI is InChI=1S/C5H7FN2O2S/c1-4-2-5(8-7-4)3-11(6,9)10/h2H,3H2,1H3,(H,7,8). The van der Waals surface area contributed by atoms with Crippen LogP contribution in [0.25, 0.3) is 0 Å². The lowest BCUT2D eigenvalue weighted by Crippen LogP contribution is -1.95. The highest BCUT2D eigenvalue weighted by Crippen LogP contribution is 2.04. The van der Waals surface area contributed by atoms with Crippen LogP contribution in [0.3, 0.4) is 0 Å². The fraction of sp³-hybridized carbons (Fsp3) is 0.400. The zero-order valence-corrected chi connectivity index (χ0v) is 6.65. The van der Waals surface area contributed by atoms with Crippen molar-refractivity contribution in [3.8, 4) is 0 Å². The van der Waals surface area contributed by atoms with Crippen LogP contribution in [-0.4, -0.2) is 18.6 Å². The van der Waals surface area contributed by atoms with Crippen LogP contribution in [0.2, 0.25) is 0 Å². The van der Waals surface area contributed by atoms with E-state index in [0.717, 1.165) is 0 Å². The summed E-state index contributed by atoms with van der Waals surface area (Å²) in [5.74, 6) is -0.655. The molecule has 1 heterocycles. The van der Waals surface area contributed by atoms with E-state index in [2.05, 4.69) is 10.2 Å². The van der Waals surface area contributed by atoms with Crippen LogP contribution < -0.4 is 0 Å². The third kappa shape index (κ3) is 2.67. The number of nitrogens with one attached hydrogen (secondary N) is 1. The molecular formula is C5H7FN2O2S. The third-order valence-electron chi connectivity index (χ3n) is 1.08. The Morgan fingerprint density at radius 3 is 2.73 bits per heavy atom. The molecule has 0 fully saturated rings. The van der Waals surface area contributed by atoms with Crippen molar-refractivity contribution in [3.05, 3.63) is 17.5 Å². The maximum atomic E-state index is 12.0. The van der Waals surface area contributed by atoms with Crippen LogP contribution in [0.4, 0.5) is 3.89 Å². The third-order valence-corrected chi connectivity index (χ3v) is 1.72. The Kier molecular flexibility index (Phi) is 1.95. The maximum Gasteiger partial charge on any atom is 0.308 e. The monoisotopic (exact) mass is 178 g/mol. The molecule has 0 aliphatic rings. The number of aryl methyl sites for hydroxylation is 1. The SMILES string of the molecule is Cc1cc(CS(=O)(=O)F)n[nH]1. The van der Waals surface area contributed by atoms with Gasteiger partial charge in [0, 0.05) is 5.69 Å². The van der Waals surface area contributed by atoms with Crippen molar-refractivity contribution in [3.63, 3.8) is 0 Å². The molecule has 0 aromatic carbocycles. The number of halogens is 1. The van der Waals surface area contributed by atoms with Crippen molar-refractivity contribution in [2.45, 2.75) is 12.7 Å². The van der Waals surface area contributed by atoms with E-state index in [0.29, 0.717) is 5.69 Å². The van der Waals surface area contributed by atoms with Gasteiger partial charge in [-0.15, -0.1) is 3.89 Å². The normalized spacial score (nSPS) is 11.8. The second kappa shape index (κ2) is 2.61. The van der Waals surface area contributed by atoms with E-state index in [1.165, 1.54) is 6.07 Å². The molecule has 1 aromatic rings. The molecule has 1 aromatic heterocycles. The molecule has 0 amide bonds. The largest absolute Gasteiger partial charge is 0.308 e. The predicted molar refractivity (Wildman–Crippen MR) is 37.1 cm³/mol. The smallest absolute Gasteiger partial charge is 0.283 e. The molecule has 62 valence electrons. The van der Waals surface area contributed by atoms with E-state index in [-0.39, 0.29) is 5.69 Å². The first kappa shape index (κ1) is 8.19. The summed E-state index contributed by atoms with van der Waals surface area (Å²) in [6.45, 7) is 1.71. The summed E-state index contributed by atoms with van der Waals surface area (Å²) in [5, 5.41) is 6.07. The van der Waals surface area contributed by atoms with Crippen molar-refractivity contribution in [2.24, 2.45) is 0 Å². The second-order valence-electron chi connectivity index (χ2n) is 2.23. The van der Waals surface area contributed by atoms with Crippen LogP contribution in [0.15, 0.2) is 6.07 Å². The summed E-state index contributed by atoms with van der Waals surface area (Å²) in [5.41, 5.74) is 0.911. The molecule has 0 spiro atoms. The molecule has 0 unspecified atom stereocenters. The lowest BCUT2D eigenvalue weighted by Gasteiger charge is -1.86. The summed E-state index contributed by atoms with van der Waals surface area (Å²) >= 11 is 0. The van der Waals surface area contributed by atoms with Gasteiger partial charge >= 0.3 is 10.2 Å². The molecule has 1 N–H and O–H groups in total. The van der Waals surface area contributed by atoms with E-state index >= 15 is 0 Å². The van der Waals surface area contributed by atoms with E-state index in [9.17, 15) is 12.3 Å². The second-order valence-corrected chi connectivity index (χ2v) is 3.59. The van der Waals surface area contributed by atoms with E-state index < -0.39 is 16.0 Å². The number of H-pyrrole nitrogens is 1. The van der Waals surface area contributed by atoms with Gasteiger partial charge in [0.25, 0.3) is 0 Å². The molecule has 0 atom stereocenters. The Labute approximate surface area is 63.6 Å². The van der Waals surface area contributed by atoms with Crippen molar-refractivity contribution in [1.29, 1.82) is 0 Å². The lowest BCUT2D eigenvalue weighted by atomic mass is 10.4. The van der Waals surface area contributed by atoms with Crippen molar-refractivity contribution in [2.75, 3.05) is 0 Å². The number of hydrogen-bond donors (Lipinski definition) is 1. The molecule has 1 rings (SSSR count). The number of rotatable bonds is 2. The summed E-state index contributed by atoms with van der Waals surface area (Å²) in [6, 6.07) is 1.48. The topological polar surface area (TPSA) is 62.8 Å². The lowest BCUT2D eigenvalue weighted by molar-refractivity contribution is 0.550.